The molecule has 0 aliphatic rings. The third-order valence-electron chi connectivity index (χ3n) is 3.57. The SMILES string of the molecule is COc1cc(NC(=O)c2cccc(Oc3ccccn3)c2)cc(OC)c1. The second kappa shape index (κ2) is 8.02. The van der Waals surface area contributed by atoms with Gasteiger partial charge < -0.3 is 19.5 Å². The molecule has 0 radical (unpaired) electrons. The summed E-state index contributed by atoms with van der Waals surface area (Å²) in [7, 11) is 3.11. The quantitative estimate of drug-likeness (QED) is 0.723. The van der Waals surface area contributed by atoms with Crippen LogP contribution in [0.25, 0.3) is 0 Å². The van der Waals surface area contributed by atoms with Crippen LogP contribution in [0.2, 0.25) is 0 Å². The Balaban J connectivity index is 1.77. The average molecular weight is 350 g/mol. The predicted molar refractivity (Wildman–Crippen MR) is 98.3 cm³/mol. The van der Waals surface area contributed by atoms with Crippen LogP contribution in [0.15, 0.2) is 66.9 Å². The molecule has 0 atom stereocenters. The molecular formula is C20H18N2O4. The maximum Gasteiger partial charge on any atom is 0.255 e. The van der Waals surface area contributed by atoms with Crippen LogP contribution in [0, 0.1) is 0 Å². The zero-order chi connectivity index (χ0) is 18.4. The number of carbonyl (C=O) groups is 1. The molecule has 1 heterocycles. The van der Waals surface area contributed by atoms with Gasteiger partial charge in [-0.3, -0.25) is 4.79 Å². The van der Waals surface area contributed by atoms with Crippen molar-refractivity contribution in [1.82, 2.24) is 4.98 Å². The monoisotopic (exact) mass is 350 g/mol. The molecule has 1 N–H and O–H groups in total. The molecule has 0 spiro atoms. The number of aromatic nitrogens is 1. The lowest BCUT2D eigenvalue weighted by atomic mass is 10.2. The Bertz CT molecular complexity index is 875. The van der Waals surface area contributed by atoms with Gasteiger partial charge in [0.2, 0.25) is 5.88 Å². The number of anilines is 1. The minimum Gasteiger partial charge on any atom is -0.497 e. The fourth-order valence-electron chi connectivity index (χ4n) is 2.31. The summed E-state index contributed by atoms with van der Waals surface area (Å²) in [5, 5.41) is 2.83. The molecule has 1 aromatic heterocycles. The average Bonchev–Trinajstić information content (AvgIpc) is 2.68. The highest BCUT2D eigenvalue weighted by Crippen LogP contribution is 2.26. The topological polar surface area (TPSA) is 69.7 Å². The maximum absolute atomic E-state index is 12.6. The van der Waals surface area contributed by atoms with Crippen LogP contribution in [0.4, 0.5) is 5.69 Å². The first-order valence-electron chi connectivity index (χ1n) is 7.91. The third-order valence-corrected chi connectivity index (χ3v) is 3.57. The largest absolute Gasteiger partial charge is 0.497 e. The molecule has 1 amide bonds. The van der Waals surface area contributed by atoms with Crippen LogP contribution < -0.4 is 19.5 Å². The van der Waals surface area contributed by atoms with E-state index < -0.39 is 0 Å². The van der Waals surface area contributed by atoms with E-state index in [0.717, 1.165) is 0 Å². The van der Waals surface area contributed by atoms with Crippen LogP contribution in [0.1, 0.15) is 10.4 Å². The van der Waals surface area contributed by atoms with Crippen LogP contribution in [-0.2, 0) is 0 Å². The standard InChI is InChI=1S/C20H18N2O4/c1-24-17-11-15(12-18(13-17)25-2)22-20(23)14-6-5-7-16(10-14)26-19-8-3-4-9-21-19/h3-13H,1-2H3,(H,22,23). The summed E-state index contributed by atoms with van der Waals surface area (Å²) in [5.41, 5.74) is 1.03. The van der Waals surface area contributed by atoms with Gasteiger partial charge in [-0.25, -0.2) is 4.98 Å². The van der Waals surface area contributed by atoms with Gasteiger partial charge in [0.15, 0.2) is 0 Å². The summed E-state index contributed by atoms with van der Waals surface area (Å²) >= 11 is 0. The molecule has 132 valence electrons. The van der Waals surface area contributed by atoms with Crippen molar-refractivity contribution in [3.05, 3.63) is 72.4 Å². The molecule has 0 unspecified atom stereocenters. The Hall–Kier alpha value is -3.54. The van der Waals surface area contributed by atoms with Crippen molar-refractivity contribution in [3.63, 3.8) is 0 Å². The molecule has 6 heteroatoms. The number of amides is 1. The number of ether oxygens (including phenoxy) is 3. The highest BCUT2D eigenvalue weighted by atomic mass is 16.5. The smallest absolute Gasteiger partial charge is 0.255 e. The number of methoxy groups -OCH3 is 2. The van der Waals surface area contributed by atoms with Gasteiger partial charge in [-0.2, -0.15) is 0 Å². The van der Waals surface area contributed by atoms with E-state index in [4.69, 9.17) is 14.2 Å². The van der Waals surface area contributed by atoms with Crippen molar-refractivity contribution in [2.24, 2.45) is 0 Å². The van der Waals surface area contributed by atoms with Crippen molar-refractivity contribution in [3.8, 4) is 23.1 Å². The number of nitrogens with zero attached hydrogens (tertiary/aromatic N) is 1. The molecule has 0 aliphatic carbocycles. The van der Waals surface area contributed by atoms with Gasteiger partial charge in [-0.05, 0) is 24.3 Å². The van der Waals surface area contributed by atoms with Gasteiger partial charge in [0.1, 0.15) is 17.2 Å². The highest BCUT2D eigenvalue weighted by Gasteiger charge is 2.10. The molecule has 0 fully saturated rings. The van der Waals surface area contributed by atoms with Crippen LogP contribution in [0.3, 0.4) is 0 Å². The number of pyridine rings is 1. The molecule has 0 aliphatic heterocycles. The Morgan fingerprint density at radius 2 is 1.65 bits per heavy atom. The number of hydrogen-bond donors (Lipinski definition) is 1. The second-order valence-electron chi connectivity index (χ2n) is 5.35. The van der Waals surface area contributed by atoms with E-state index in [9.17, 15) is 4.79 Å². The normalized spacial score (nSPS) is 10.1. The van der Waals surface area contributed by atoms with Crippen molar-refractivity contribution in [1.29, 1.82) is 0 Å². The van der Waals surface area contributed by atoms with E-state index in [1.54, 1.807) is 75.0 Å². The molecule has 6 nitrogen and oxygen atoms in total. The van der Waals surface area contributed by atoms with Crippen LogP contribution in [-0.4, -0.2) is 25.1 Å². The van der Waals surface area contributed by atoms with Gasteiger partial charge in [0.25, 0.3) is 5.91 Å². The van der Waals surface area contributed by atoms with Gasteiger partial charge in [0, 0.05) is 41.7 Å². The van der Waals surface area contributed by atoms with E-state index in [2.05, 4.69) is 10.3 Å². The maximum atomic E-state index is 12.6. The minimum absolute atomic E-state index is 0.272. The lowest BCUT2D eigenvalue weighted by molar-refractivity contribution is 0.102. The Morgan fingerprint density at radius 1 is 0.885 bits per heavy atom. The van der Waals surface area contributed by atoms with Gasteiger partial charge >= 0.3 is 0 Å². The fourth-order valence-corrected chi connectivity index (χ4v) is 2.31. The van der Waals surface area contributed by atoms with Gasteiger partial charge in [-0.15, -0.1) is 0 Å². The molecule has 2 aromatic carbocycles. The fraction of sp³-hybridized carbons (Fsp3) is 0.100. The summed E-state index contributed by atoms with van der Waals surface area (Å²) in [6.07, 6.45) is 1.64. The van der Waals surface area contributed by atoms with Crippen molar-refractivity contribution < 1.29 is 19.0 Å². The number of rotatable bonds is 6. The third kappa shape index (κ3) is 4.30. The van der Waals surface area contributed by atoms with Crippen LogP contribution in [0.5, 0.6) is 23.1 Å². The van der Waals surface area contributed by atoms with Gasteiger partial charge in [0.05, 0.1) is 14.2 Å². The van der Waals surface area contributed by atoms with Gasteiger partial charge in [-0.1, -0.05) is 12.1 Å². The van der Waals surface area contributed by atoms with E-state index in [1.807, 2.05) is 6.07 Å². The van der Waals surface area contributed by atoms with E-state index in [0.29, 0.717) is 34.4 Å². The van der Waals surface area contributed by atoms with Crippen molar-refractivity contribution >= 4 is 11.6 Å². The number of benzene rings is 2. The van der Waals surface area contributed by atoms with Crippen molar-refractivity contribution in [2.45, 2.75) is 0 Å². The van der Waals surface area contributed by atoms with E-state index >= 15 is 0 Å². The van der Waals surface area contributed by atoms with Crippen molar-refractivity contribution in [2.75, 3.05) is 19.5 Å². The Labute approximate surface area is 151 Å². The zero-order valence-electron chi connectivity index (χ0n) is 14.4. The molecule has 0 bridgehead atoms. The number of carbonyl (C=O) groups excluding carboxylic acids is 1. The minimum atomic E-state index is -0.272. The Kier molecular flexibility index (Phi) is 5.34. The molecule has 3 rings (SSSR count). The first kappa shape index (κ1) is 17.3. The zero-order valence-corrected chi connectivity index (χ0v) is 14.4. The summed E-state index contributed by atoms with van der Waals surface area (Å²) in [4.78, 5) is 16.7. The van der Waals surface area contributed by atoms with E-state index in [1.165, 1.54) is 0 Å². The molecule has 26 heavy (non-hydrogen) atoms. The molecule has 0 saturated heterocycles. The number of hydrogen-bond acceptors (Lipinski definition) is 5. The number of nitrogens with one attached hydrogen (secondary N) is 1. The lowest BCUT2D eigenvalue weighted by Gasteiger charge is -2.10. The summed E-state index contributed by atoms with van der Waals surface area (Å²) in [6, 6.07) is 17.4. The summed E-state index contributed by atoms with van der Waals surface area (Å²) in [5.74, 6) is 1.90. The first-order valence-corrected chi connectivity index (χ1v) is 7.91. The summed E-state index contributed by atoms with van der Waals surface area (Å²) in [6.45, 7) is 0. The van der Waals surface area contributed by atoms with E-state index in [-0.39, 0.29) is 5.91 Å². The molecular weight excluding hydrogens is 332 g/mol. The predicted octanol–water partition coefficient (Wildman–Crippen LogP) is 4.14. The highest BCUT2D eigenvalue weighted by molar-refractivity contribution is 6.04. The molecule has 3 aromatic rings. The lowest BCUT2D eigenvalue weighted by Crippen LogP contribution is -2.12. The molecule has 0 saturated carbocycles. The first-order chi connectivity index (χ1) is 12.7. The van der Waals surface area contributed by atoms with Crippen LogP contribution >= 0.6 is 0 Å². The Morgan fingerprint density at radius 3 is 2.31 bits per heavy atom. The second-order valence-corrected chi connectivity index (χ2v) is 5.35. The summed E-state index contributed by atoms with van der Waals surface area (Å²) < 4.78 is 16.1.